The second-order valence-corrected chi connectivity index (χ2v) is 7.48. The number of aryl methyl sites for hydroxylation is 3. The summed E-state index contributed by atoms with van der Waals surface area (Å²) in [5, 5.41) is 3.75. The smallest absolute Gasteiger partial charge is 0.262 e. The zero-order chi connectivity index (χ0) is 18.5. The van der Waals surface area contributed by atoms with E-state index in [1.165, 1.54) is 29.6 Å². The molecule has 1 aromatic carbocycles. The fraction of sp³-hybridized carbons (Fsp3) is 0.350. The molecule has 2 heterocycles. The summed E-state index contributed by atoms with van der Waals surface area (Å²) in [6, 6.07) is 7.96. The minimum absolute atomic E-state index is 0.0853. The van der Waals surface area contributed by atoms with Crippen LogP contribution in [0.1, 0.15) is 35.8 Å². The third-order valence-corrected chi connectivity index (χ3v) is 5.44. The van der Waals surface area contributed by atoms with E-state index in [1.54, 1.807) is 11.3 Å². The van der Waals surface area contributed by atoms with Crippen LogP contribution in [0, 0.1) is 13.8 Å². The number of rotatable bonds is 7. The van der Waals surface area contributed by atoms with Crippen molar-refractivity contribution >= 4 is 33.1 Å². The van der Waals surface area contributed by atoms with Crippen molar-refractivity contribution in [2.75, 3.05) is 11.9 Å². The number of fused-ring (bicyclic) bond motifs is 1. The van der Waals surface area contributed by atoms with Crippen molar-refractivity contribution in [2.24, 2.45) is 0 Å². The van der Waals surface area contributed by atoms with Crippen molar-refractivity contribution in [2.45, 2.75) is 40.0 Å². The second kappa shape index (κ2) is 8.27. The Morgan fingerprint density at radius 2 is 1.96 bits per heavy atom. The first-order chi connectivity index (χ1) is 12.6. The maximum absolute atomic E-state index is 12.2. The number of thiophene rings is 1. The molecule has 0 aliphatic carbocycles. The van der Waals surface area contributed by atoms with Crippen molar-refractivity contribution in [1.82, 2.24) is 9.97 Å². The Hall–Kier alpha value is -2.47. The highest BCUT2D eigenvalue weighted by atomic mass is 32.1. The third-order valence-electron chi connectivity index (χ3n) is 4.33. The number of hydrogen-bond acceptors (Lipinski definition) is 5. The maximum Gasteiger partial charge on any atom is 0.262 e. The molecule has 3 aromatic rings. The van der Waals surface area contributed by atoms with E-state index in [1.807, 2.05) is 26.0 Å². The summed E-state index contributed by atoms with van der Waals surface area (Å²) in [7, 11) is 0. The van der Waals surface area contributed by atoms with Gasteiger partial charge in [-0.25, -0.2) is 9.97 Å². The molecular weight excluding hydrogens is 346 g/mol. The lowest BCUT2D eigenvalue weighted by atomic mass is 10.1. The normalized spacial score (nSPS) is 10.9. The summed E-state index contributed by atoms with van der Waals surface area (Å²) < 4.78 is 5.67. The summed E-state index contributed by atoms with van der Waals surface area (Å²) in [5.41, 5.74) is 3.16. The van der Waals surface area contributed by atoms with Crippen LogP contribution in [0.5, 0.6) is 5.88 Å². The molecule has 0 aliphatic heterocycles. The maximum atomic E-state index is 12.2. The Bertz CT molecular complexity index is 903. The molecular formula is C20H23N3O2S. The quantitative estimate of drug-likeness (QED) is 0.657. The Labute approximate surface area is 157 Å². The molecule has 0 radical (unpaired) electrons. The van der Waals surface area contributed by atoms with Crippen molar-refractivity contribution in [3.8, 4) is 5.88 Å². The zero-order valence-corrected chi connectivity index (χ0v) is 16.2. The van der Waals surface area contributed by atoms with Crippen LogP contribution in [0.15, 0.2) is 30.6 Å². The highest BCUT2D eigenvalue weighted by Gasteiger charge is 2.14. The number of amides is 1. The largest absolute Gasteiger partial charge is 0.467 e. The summed E-state index contributed by atoms with van der Waals surface area (Å²) in [6.45, 7) is 6.16. The number of ether oxygens (including phenoxy) is 1. The third kappa shape index (κ3) is 4.19. The van der Waals surface area contributed by atoms with E-state index >= 15 is 0 Å². The Kier molecular flexibility index (Phi) is 5.83. The number of nitrogens with one attached hydrogen (secondary N) is 1. The van der Waals surface area contributed by atoms with Crippen LogP contribution in [0.4, 0.5) is 5.69 Å². The molecule has 0 saturated heterocycles. The van der Waals surface area contributed by atoms with E-state index in [2.05, 4.69) is 34.3 Å². The monoisotopic (exact) mass is 369 g/mol. The Balaban J connectivity index is 1.61. The molecule has 0 unspecified atom stereocenters. The van der Waals surface area contributed by atoms with Gasteiger partial charge in [0.1, 0.15) is 11.2 Å². The van der Waals surface area contributed by atoms with Crippen LogP contribution in [-0.4, -0.2) is 22.5 Å². The number of unbranched alkanes of at least 4 members (excludes halogenated alkanes) is 1. The van der Waals surface area contributed by atoms with Gasteiger partial charge in [0.2, 0.25) is 5.88 Å². The van der Waals surface area contributed by atoms with E-state index in [0.717, 1.165) is 27.9 Å². The Morgan fingerprint density at radius 1 is 1.19 bits per heavy atom. The van der Waals surface area contributed by atoms with E-state index < -0.39 is 0 Å². The average Bonchev–Trinajstić information content (AvgIpc) is 2.94. The highest BCUT2D eigenvalue weighted by Crippen LogP contribution is 2.33. The molecule has 0 atom stereocenters. The van der Waals surface area contributed by atoms with Gasteiger partial charge < -0.3 is 10.1 Å². The fourth-order valence-electron chi connectivity index (χ4n) is 2.73. The van der Waals surface area contributed by atoms with Gasteiger partial charge in [0.25, 0.3) is 5.91 Å². The van der Waals surface area contributed by atoms with Crippen LogP contribution < -0.4 is 10.1 Å². The van der Waals surface area contributed by atoms with Gasteiger partial charge in [0, 0.05) is 10.6 Å². The first kappa shape index (κ1) is 18.3. The molecule has 6 heteroatoms. The van der Waals surface area contributed by atoms with E-state index in [0.29, 0.717) is 5.88 Å². The second-order valence-electron chi connectivity index (χ2n) is 6.28. The van der Waals surface area contributed by atoms with Gasteiger partial charge in [-0.3, -0.25) is 4.79 Å². The molecule has 0 spiro atoms. The van der Waals surface area contributed by atoms with Crippen LogP contribution in [0.2, 0.25) is 0 Å². The van der Waals surface area contributed by atoms with Crippen molar-refractivity contribution in [1.29, 1.82) is 0 Å². The van der Waals surface area contributed by atoms with Gasteiger partial charge in [-0.2, -0.15) is 0 Å². The predicted molar refractivity (Wildman–Crippen MR) is 106 cm³/mol. The molecule has 1 amide bonds. The lowest BCUT2D eigenvalue weighted by molar-refractivity contribution is -0.118. The first-order valence-electron chi connectivity index (χ1n) is 8.80. The molecule has 0 aliphatic rings. The topological polar surface area (TPSA) is 64.1 Å². The van der Waals surface area contributed by atoms with Gasteiger partial charge in [-0.15, -0.1) is 11.3 Å². The molecule has 26 heavy (non-hydrogen) atoms. The van der Waals surface area contributed by atoms with Crippen molar-refractivity contribution in [3.05, 3.63) is 46.6 Å². The van der Waals surface area contributed by atoms with E-state index in [4.69, 9.17) is 4.74 Å². The molecule has 0 fully saturated rings. The van der Waals surface area contributed by atoms with Crippen molar-refractivity contribution < 1.29 is 9.53 Å². The van der Waals surface area contributed by atoms with Gasteiger partial charge in [0.05, 0.1) is 5.39 Å². The molecule has 136 valence electrons. The van der Waals surface area contributed by atoms with Gasteiger partial charge in [-0.05, 0) is 49.9 Å². The number of nitrogens with zero attached hydrogens (tertiary/aromatic N) is 2. The van der Waals surface area contributed by atoms with E-state index in [-0.39, 0.29) is 12.5 Å². The van der Waals surface area contributed by atoms with E-state index in [9.17, 15) is 4.79 Å². The molecule has 0 saturated carbocycles. The number of carbonyl (C=O) groups is 1. The zero-order valence-electron chi connectivity index (χ0n) is 15.3. The van der Waals surface area contributed by atoms with Crippen LogP contribution in [-0.2, 0) is 11.2 Å². The van der Waals surface area contributed by atoms with Crippen LogP contribution in [0.25, 0.3) is 10.2 Å². The van der Waals surface area contributed by atoms with Crippen LogP contribution in [0.3, 0.4) is 0 Å². The summed E-state index contributed by atoms with van der Waals surface area (Å²) >= 11 is 1.60. The predicted octanol–water partition coefficient (Wildman–Crippen LogP) is 4.67. The molecule has 3 rings (SSSR count). The van der Waals surface area contributed by atoms with Gasteiger partial charge in [0.15, 0.2) is 6.61 Å². The SMILES string of the molecule is CCCCc1ccc(NC(=O)COc2ncnc3sc(C)c(C)c23)cc1. The lowest BCUT2D eigenvalue weighted by Gasteiger charge is -2.08. The molecule has 1 N–H and O–H groups in total. The standard InChI is InChI=1S/C20H23N3O2S/c1-4-5-6-15-7-9-16(10-8-15)23-17(24)11-25-19-18-13(2)14(3)26-20(18)22-12-21-19/h7-10,12H,4-6,11H2,1-3H3,(H,23,24). The summed E-state index contributed by atoms with van der Waals surface area (Å²) in [4.78, 5) is 22.7. The van der Waals surface area contributed by atoms with Crippen molar-refractivity contribution in [3.63, 3.8) is 0 Å². The number of hydrogen-bond donors (Lipinski definition) is 1. The minimum Gasteiger partial charge on any atom is -0.467 e. The van der Waals surface area contributed by atoms with Crippen LogP contribution >= 0.6 is 11.3 Å². The fourth-order valence-corrected chi connectivity index (χ4v) is 3.71. The highest BCUT2D eigenvalue weighted by molar-refractivity contribution is 7.18. The number of aromatic nitrogens is 2. The Morgan fingerprint density at radius 3 is 2.69 bits per heavy atom. The summed E-state index contributed by atoms with van der Waals surface area (Å²) in [5.74, 6) is 0.254. The first-order valence-corrected chi connectivity index (χ1v) is 9.62. The number of benzene rings is 1. The molecule has 0 bridgehead atoms. The lowest BCUT2D eigenvalue weighted by Crippen LogP contribution is -2.20. The minimum atomic E-state index is -0.206. The van der Waals surface area contributed by atoms with Gasteiger partial charge >= 0.3 is 0 Å². The number of carbonyl (C=O) groups excluding carboxylic acids is 1. The number of anilines is 1. The average molecular weight is 369 g/mol. The van der Waals surface area contributed by atoms with Gasteiger partial charge in [-0.1, -0.05) is 25.5 Å². The summed E-state index contributed by atoms with van der Waals surface area (Å²) in [6.07, 6.45) is 4.89. The molecule has 5 nitrogen and oxygen atoms in total. The molecule has 2 aromatic heterocycles.